The second kappa shape index (κ2) is 9.65. The number of hydrogen-bond donors (Lipinski definition) is 1. The molecule has 128 valence electrons. The van der Waals surface area contributed by atoms with E-state index in [1.54, 1.807) is 11.1 Å². The number of aromatic nitrogens is 1. The molecule has 1 heterocycles. The van der Waals surface area contributed by atoms with Gasteiger partial charge in [-0.2, -0.15) is 0 Å². The Morgan fingerprint density at radius 2 is 2.13 bits per heavy atom. The standard InChI is InChI=1S/C17H27N3O2S/c1-2-3-9-16(22)20(12-14-7-5-4-6-8-14)13-15(21)19-17-18-10-11-23-17/h10-11,14H,2-9,12-13H2,1H3,(H,18,19,21). The summed E-state index contributed by atoms with van der Waals surface area (Å²) in [6.07, 6.45) is 10.2. The zero-order valence-electron chi connectivity index (χ0n) is 13.9. The van der Waals surface area contributed by atoms with E-state index in [-0.39, 0.29) is 18.4 Å². The van der Waals surface area contributed by atoms with Gasteiger partial charge in [0.1, 0.15) is 0 Å². The summed E-state index contributed by atoms with van der Waals surface area (Å²) < 4.78 is 0. The number of nitrogens with zero attached hydrogens (tertiary/aromatic N) is 2. The maximum Gasteiger partial charge on any atom is 0.245 e. The van der Waals surface area contributed by atoms with Crippen LogP contribution in [0.25, 0.3) is 0 Å². The van der Waals surface area contributed by atoms with E-state index in [0.29, 0.717) is 24.0 Å². The maximum atomic E-state index is 12.4. The van der Waals surface area contributed by atoms with Crippen LogP contribution in [-0.4, -0.2) is 34.8 Å². The Labute approximate surface area is 142 Å². The van der Waals surface area contributed by atoms with Crippen molar-refractivity contribution in [2.24, 2.45) is 5.92 Å². The van der Waals surface area contributed by atoms with E-state index >= 15 is 0 Å². The summed E-state index contributed by atoms with van der Waals surface area (Å²) in [4.78, 5) is 30.5. The van der Waals surface area contributed by atoms with Crippen LogP contribution in [0.15, 0.2) is 11.6 Å². The Morgan fingerprint density at radius 1 is 1.35 bits per heavy atom. The van der Waals surface area contributed by atoms with Crippen molar-refractivity contribution in [3.05, 3.63) is 11.6 Å². The summed E-state index contributed by atoms with van der Waals surface area (Å²) >= 11 is 1.39. The fraction of sp³-hybridized carbons (Fsp3) is 0.706. The van der Waals surface area contributed by atoms with E-state index in [1.165, 1.54) is 43.4 Å². The third-order valence-electron chi connectivity index (χ3n) is 4.31. The summed E-state index contributed by atoms with van der Waals surface area (Å²) in [6, 6.07) is 0. The molecule has 0 aliphatic heterocycles. The van der Waals surface area contributed by atoms with Gasteiger partial charge in [-0.05, 0) is 25.2 Å². The third kappa shape index (κ3) is 6.29. The monoisotopic (exact) mass is 337 g/mol. The number of amides is 2. The first-order chi connectivity index (χ1) is 11.2. The van der Waals surface area contributed by atoms with Gasteiger partial charge in [-0.3, -0.25) is 9.59 Å². The molecule has 0 saturated heterocycles. The van der Waals surface area contributed by atoms with Crippen molar-refractivity contribution in [3.8, 4) is 0 Å². The van der Waals surface area contributed by atoms with Gasteiger partial charge in [0.15, 0.2) is 5.13 Å². The van der Waals surface area contributed by atoms with Gasteiger partial charge in [-0.15, -0.1) is 11.3 Å². The van der Waals surface area contributed by atoms with Crippen LogP contribution >= 0.6 is 11.3 Å². The molecular formula is C17H27N3O2S. The van der Waals surface area contributed by atoms with Crippen LogP contribution in [0.1, 0.15) is 58.3 Å². The van der Waals surface area contributed by atoms with Gasteiger partial charge in [-0.1, -0.05) is 32.6 Å². The first-order valence-corrected chi connectivity index (χ1v) is 9.54. The third-order valence-corrected chi connectivity index (χ3v) is 5.00. The van der Waals surface area contributed by atoms with Crippen LogP contribution in [0.3, 0.4) is 0 Å². The minimum absolute atomic E-state index is 0.103. The zero-order chi connectivity index (χ0) is 16.5. The van der Waals surface area contributed by atoms with Gasteiger partial charge in [-0.25, -0.2) is 4.98 Å². The highest BCUT2D eigenvalue weighted by Crippen LogP contribution is 2.24. The van der Waals surface area contributed by atoms with Crippen molar-refractivity contribution in [1.82, 2.24) is 9.88 Å². The average molecular weight is 337 g/mol. The molecule has 0 unspecified atom stereocenters. The predicted octanol–water partition coefficient (Wildman–Crippen LogP) is 3.68. The summed E-state index contributed by atoms with van der Waals surface area (Å²) in [5.41, 5.74) is 0. The van der Waals surface area contributed by atoms with Gasteiger partial charge in [0.25, 0.3) is 0 Å². The topological polar surface area (TPSA) is 62.3 Å². The fourth-order valence-electron chi connectivity index (χ4n) is 3.04. The highest BCUT2D eigenvalue weighted by Gasteiger charge is 2.22. The average Bonchev–Trinajstić information content (AvgIpc) is 3.05. The lowest BCUT2D eigenvalue weighted by molar-refractivity contribution is -0.135. The molecule has 0 atom stereocenters. The molecule has 5 nitrogen and oxygen atoms in total. The van der Waals surface area contributed by atoms with Crippen molar-refractivity contribution >= 4 is 28.3 Å². The molecule has 6 heteroatoms. The van der Waals surface area contributed by atoms with Crippen LogP contribution in [0.2, 0.25) is 0 Å². The van der Waals surface area contributed by atoms with Crippen LogP contribution in [0.5, 0.6) is 0 Å². The Kier molecular flexibility index (Phi) is 7.52. The molecule has 1 aromatic heterocycles. The number of nitrogens with one attached hydrogen (secondary N) is 1. The zero-order valence-corrected chi connectivity index (χ0v) is 14.7. The number of carbonyl (C=O) groups excluding carboxylic acids is 2. The molecule has 0 bridgehead atoms. The normalized spacial score (nSPS) is 15.3. The quantitative estimate of drug-likeness (QED) is 0.787. The second-order valence-corrected chi connectivity index (χ2v) is 7.16. The molecule has 2 rings (SSSR count). The lowest BCUT2D eigenvalue weighted by atomic mass is 9.89. The lowest BCUT2D eigenvalue weighted by Crippen LogP contribution is -2.41. The molecule has 23 heavy (non-hydrogen) atoms. The predicted molar refractivity (Wildman–Crippen MR) is 93.4 cm³/mol. The summed E-state index contributed by atoms with van der Waals surface area (Å²) in [5, 5.41) is 5.19. The second-order valence-electron chi connectivity index (χ2n) is 6.27. The van der Waals surface area contributed by atoms with Crippen molar-refractivity contribution in [3.63, 3.8) is 0 Å². The number of thiazole rings is 1. The Hall–Kier alpha value is -1.43. The molecule has 0 radical (unpaired) electrons. The number of anilines is 1. The maximum absolute atomic E-state index is 12.4. The molecule has 1 aliphatic carbocycles. The number of unbranched alkanes of at least 4 members (excludes halogenated alkanes) is 1. The first kappa shape index (κ1) is 17.9. The van der Waals surface area contributed by atoms with Crippen molar-refractivity contribution in [2.75, 3.05) is 18.4 Å². The van der Waals surface area contributed by atoms with Crippen LogP contribution in [0, 0.1) is 5.92 Å². The molecule has 1 saturated carbocycles. The van der Waals surface area contributed by atoms with E-state index in [0.717, 1.165) is 12.8 Å². The van der Waals surface area contributed by atoms with Gasteiger partial charge in [0.2, 0.25) is 11.8 Å². The Morgan fingerprint density at radius 3 is 2.78 bits per heavy atom. The number of carbonyl (C=O) groups is 2. The van der Waals surface area contributed by atoms with Crippen molar-refractivity contribution < 1.29 is 9.59 Å². The summed E-state index contributed by atoms with van der Waals surface area (Å²) in [6.45, 7) is 2.93. The summed E-state index contributed by atoms with van der Waals surface area (Å²) in [5.74, 6) is 0.495. The van der Waals surface area contributed by atoms with Crippen LogP contribution in [-0.2, 0) is 9.59 Å². The molecule has 1 N–H and O–H groups in total. The minimum Gasteiger partial charge on any atom is -0.333 e. The fourth-order valence-corrected chi connectivity index (χ4v) is 3.58. The first-order valence-electron chi connectivity index (χ1n) is 8.66. The molecule has 1 aromatic rings. The Balaban J connectivity index is 1.90. The highest BCUT2D eigenvalue weighted by molar-refractivity contribution is 7.13. The SMILES string of the molecule is CCCCC(=O)N(CC(=O)Nc1nccs1)CC1CCCCC1. The van der Waals surface area contributed by atoms with E-state index in [4.69, 9.17) is 0 Å². The van der Waals surface area contributed by atoms with Gasteiger partial charge in [0, 0.05) is 24.5 Å². The van der Waals surface area contributed by atoms with Crippen LogP contribution in [0.4, 0.5) is 5.13 Å². The minimum atomic E-state index is -0.152. The summed E-state index contributed by atoms with van der Waals surface area (Å²) in [7, 11) is 0. The lowest BCUT2D eigenvalue weighted by Gasteiger charge is -2.29. The van der Waals surface area contributed by atoms with Crippen molar-refractivity contribution in [1.29, 1.82) is 0 Å². The van der Waals surface area contributed by atoms with Gasteiger partial charge >= 0.3 is 0 Å². The van der Waals surface area contributed by atoms with E-state index < -0.39 is 0 Å². The number of hydrogen-bond acceptors (Lipinski definition) is 4. The Bertz CT molecular complexity index is 484. The molecule has 0 aromatic carbocycles. The van der Waals surface area contributed by atoms with Crippen molar-refractivity contribution in [2.45, 2.75) is 58.3 Å². The van der Waals surface area contributed by atoms with E-state index in [9.17, 15) is 9.59 Å². The van der Waals surface area contributed by atoms with Gasteiger partial charge in [0.05, 0.1) is 6.54 Å². The largest absolute Gasteiger partial charge is 0.333 e. The smallest absolute Gasteiger partial charge is 0.245 e. The molecule has 0 spiro atoms. The van der Waals surface area contributed by atoms with E-state index in [1.807, 2.05) is 5.38 Å². The molecule has 1 aliphatic rings. The number of rotatable bonds is 8. The molecule has 1 fully saturated rings. The molecule has 2 amide bonds. The van der Waals surface area contributed by atoms with Crippen LogP contribution < -0.4 is 5.32 Å². The molecular weight excluding hydrogens is 310 g/mol. The van der Waals surface area contributed by atoms with E-state index in [2.05, 4.69) is 17.2 Å². The highest BCUT2D eigenvalue weighted by atomic mass is 32.1. The van der Waals surface area contributed by atoms with Gasteiger partial charge < -0.3 is 10.2 Å².